The Hall–Kier alpha value is -4.95. The number of nitrogens with zero attached hydrogens (tertiary/aromatic N) is 5. The predicted molar refractivity (Wildman–Crippen MR) is 132 cm³/mol. The third-order valence-corrected chi connectivity index (χ3v) is 5.79. The lowest BCUT2D eigenvalue weighted by molar-refractivity contribution is -0.154. The lowest BCUT2D eigenvalue weighted by Crippen LogP contribution is -2.21. The number of ether oxygens (including phenoxy) is 2. The van der Waals surface area contributed by atoms with Crippen LogP contribution in [0.5, 0.6) is 11.5 Å². The van der Waals surface area contributed by atoms with Crippen LogP contribution in [-0.2, 0) is 6.54 Å². The number of halogens is 7. The van der Waals surface area contributed by atoms with Crippen LogP contribution < -0.4 is 14.8 Å². The van der Waals surface area contributed by atoms with Crippen molar-refractivity contribution in [2.75, 3.05) is 19.0 Å². The molecule has 0 radical (unpaired) electrons. The van der Waals surface area contributed by atoms with E-state index in [1.165, 1.54) is 19.4 Å². The van der Waals surface area contributed by atoms with E-state index in [0.29, 0.717) is 16.6 Å². The highest BCUT2D eigenvalue weighted by Crippen LogP contribution is 2.34. The van der Waals surface area contributed by atoms with Crippen molar-refractivity contribution < 1.29 is 40.2 Å². The second-order valence-corrected chi connectivity index (χ2v) is 8.46. The van der Waals surface area contributed by atoms with Crippen molar-refractivity contribution in [2.24, 2.45) is 0 Å². The standard InChI is InChI=1S/C26H17F7N6O2/c1-40-17-10-35-25(37-24(17)36-13-6-8-34-9-7-13)22-14-4-2-3-5-16(14)39(38-22)11-15-18(27)20(29)23(21(30)19(15)28)41-12-26(31,32)33/h2-10H,11-12H2,1H3,(H,34,35,36,37). The van der Waals surface area contributed by atoms with E-state index < -0.39 is 53.9 Å². The number of fused-ring (bicyclic) bond motifs is 1. The van der Waals surface area contributed by atoms with Gasteiger partial charge in [0.1, 0.15) is 5.69 Å². The zero-order valence-corrected chi connectivity index (χ0v) is 20.8. The first kappa shape index (κ1) is 27.6. The number of benzene rings is 2. The number of alkyl halides is 3. The molecular weight excluding hydrogens is 561 g/mol. The summed E-state index contributed by atoms with van der Waals surface area (Å²) in [4.78, 5) is 12.7. The normalized spacial score (nSPS) is 11.6. The number of pyridine rings is 1. The van der Waals surface area contributed by atoms with E-state index in [2.05, 4.69) is 30.1 Å². The first-order valence-corrected chi connectivity index (χ1v) is 11.7. The molecule has 0 unspecified atom stereocenters. The molecule has 2 aromatic carbocycles. The van der Waals surface area contributed by atoms with E-state index in [9.17, 15) is 30.7 Å². The van der Waals surface area contributed by atoms with Gasteiger partial charge in [-0.2, -0.15) is 27.1 Å². The molecule has 0 aliphatic carbocycles. The molecule has 0 atom stereocenters. The molecule has 0 aliphatic rings. The van der Waals surface area contributed by atoms with Gasteiger partial charge in [0.2, 0.25) is 11.6 Å². The summed E-state index contributed by atoms with van der Waals surface area (Å²) in [6, 6.07) is 9.79. The highest BCUT2D eigenvalue weighted by atomic mass is 19.4. The number of aromatic nitrogens is 5. The Bertz CT molecular complexity index is 1700. The predicted octanol–water partition coefficient (Wildman–Crippen LogP) is 6.19. The maximum atomic E-state index is 14.8. The Labute approximate surface area is 226 Å². The van der Waals surface area contributed by atoms with Crippen LogP contribution in [0.25, 0.3) is 22.4 Å². The van der Waals surface area contributed by atoms with Gasteiger partial charge in [0.25, 0.3) is 0 Å². The zero-order valence-electron chi connectivity index (χ0n) is 20.8. The number of hydrogen-bond acceptors (Lipinski definition) is 7. The van der Waals surface area contributed by atoms with Gasteiger partial charge >= 0.3 is 6.18 Å². The number of anilines is 2. The van der Waals surface area contributed by atoms with Gasteiger partial charge in [-0.25, -0.2) is 18.7 Å². The van der Waals surface area contributed by atoms with Crippen LogP contribution in [0.2, 0.25) is 0 Å². The van der Waals surface area contributed by atoms with Crippen LogP contribution in [0.1, 0.15) is 5.56 Å². The van der Waals surface area contributed by atoms with Gasteiger partial charge in [0.15, 0.2) is 41.4 Å². The highest BCUT2D eigenvalue weighted by molar-refractivity contribution is 5.92. The van der Waals surface area contributed by atoms with E-state index in [4.69, 9.17) is 4.74 Å². The molecule has 0 fully saturated rings. The molecule has 0 saturated carbocycles. The van der Waals surface area contributed by atoms with Gasteiger partial charge in [-0.05, 0) is 18.2 Å². The van der Waals surface area contributed by atoms with E-state index in [-0.39, 0.29) is 23.1 Å². The third-order valence-electron chi connectivity index (χ3n) is 5.79. The van der Waals surface area contributed by atoms with Crippen LogP contribution in [0, 0.1) is 23.3 Å². The molecule has 212 valence electrons. The Morgan fingerprint density at radius 1 is 0.927 bits per heavy atom. The van der Waals surface area contributed by atoms with Crippen molar-refractivity contribution >= 4 is 22.4 Å². The van der Waals surface area contributed by atoms with Crippen molar-refractivity contribution in [3.8, 4) is 23.0 Å². The lowest BCUT2D eigenvalue weighted by Gasteiger charge is -2.14. The number of hydrogen-bond donors (Lipinski definition) is 1. The molecule has 41 heavy (non-hydrogen) atoms. The van der Waals surface area contributed by atoms with Gasteiger partial charge in [0.05, 0.1) is 30.9 Å². The largest absolute Gasteiger partial charge is 0.491 e. The Morgan fingerprint density at radius 2 is 1.61 bits per heavy atom. The summed E-state index contributed by atoms with van der Waals surface area (Å²) in [5, 5.41) is 7.84. The fraction of sp³-hybridized carbons (Fsp3) is 0.154. The Morgan fingerprint density at radius 3 is 2.27 bits per heavy atom. The second kappa shape index (κ2) is 10.9. The topological polar surface area (TPSA) is 87.0 Å². The molecule has 0 spiro atoms. The average molecular weight is 578 g/mol. The fourth-order valence-electron chi connectivity index (χ4n) is 3.94. The molecule has 5 rings (SSSR count). The van der Waals surface area contributed by atoms with E-state index in [0.717, 1.165) is 4.68 Å². The highest BCUT2D eigenvalue weighted by Gasteiger charge is 2.33. The molecule has 0 saturated heterocycles. The minimum atomic E-state index is -4.99. The number of rotatable bonds is 8. The molecular formula is C26H17F7N6O2. The minimum Gasteiger partial charge on any atom is -0.491 e. The second-order valence-electron chi connectivity index (χ2n) is 8.46. The monoisotopic (exact) mass is 578 g/mol. The first-order valence-electron chi connectivity index (χ1n) is 11.7. The fourth-order valence-corrected chi connectivity index (χ4v) is 3.94. The SMILES string of the molecule is COc1cnc(-c2nn(Cc3c(F)c(F)c(OCC(F)(F)F)c(F)c3F)c3ccccc23)nc1Nc1ccncc1. The smallest absolute Gasteiger partial charge is 0.422 e. The van der Waals surface area contributed by atoms with Crippen molar-refractivity contribution in [1.29, 1.82) is 0 Å². The van der Waals surface area contributed by atoms with Crippen LogP contribution in [0.4, 0.5) is 42.2 Å². The number of para-hydroxylation sites is 1. The summed E-state index contributed by atoms with van der Waals surface area (Å²) < 4.78 is 106. The van der Waals surface area contributed by atoms with Crippen molar-refractivity contribution in [3.63, 3.8) is 0 Å². The van der Waals surface area contributed by atoms with Crippen LogP contribution in [-0.4, -0.2) is 44.6 Å². The Balaban J connectivity index is 1.56. The van der Waals surface area contributed by atoms with Crippen molar-refractivity contribution in [3.05, 3.63) is 83.8 Å². The summed E-state index contributed by atoms with van der Waals surface area (Å²) in [6.45, 7) is -2.98. The first-order chi connectivity index (χ1) is 19.6. The average Bonchev–Trinajstić information content (AvgIpc) is 3.32. The molecule has 3 aromatic heterocycles. The number of methoxy groups -OCH3 is 1. The van der Waals surface area contributed by atoms with Crippen LogP contribution >= 0.6 is 0 Å². The van der Waals surface area contributed by atoms with Gasteiger partial charge < -0.3 is 14.8 Å². The van der Waals surface area contributed by atoms with Crippen LogP contribution in [0.15, 0.2) is 55.0 Å². The molecule has 15 heteroatoms. The molecule has 0 bridgehead atoms. The van der Waals surface area contributed by atoms with Crippen LogP contribution in [0.3, 0.4) is 0 Å². The summed E-state index contributed by atoms with van der Waals surface area (Å²) >= 11 is 0. The zero-order chi connectivity index (χ0) is 29.3. The van der Waals surface area contributed by atoms with Gasteiger partial charge in [-0.15, -0.1) is 0 Å². The van der Waals surface area contributed by atoms with E-state index >= 15 is 0 Å². The molecule has 3 heterocycles. The third kappa shape index (κ3) is 5.55. The van der Waals surface area contributed by atoms with Gasteiger partial charge in [0, 0.05) is 23.5 Å². The van der Waals surface area contributed by atoms with Gasteiger partial charge in [-0.3, -0.25) is 9.67 Å². The van der Waals surface area contributed by atoms with E-state index in [1.807, 2.05) is 0 Å². The molecule has 0 aliphatic heterocycles. The Kier molecular flexibility index (Phi) is 7.34. The minimum absolute atomic E-state index is 0.0755. The maximum absolute atomic E-state index is 14.8. The summed E-state index contributed by atoms with van der Waals surface area (Å²) in [7, 11) is 1.42. The van der Waals surface area contributed by atoms with Crippen molar-refractivity contribution in [2.45, 2.75) is 12.7 Å². The lowest BCUT2D eigenvalue weighted by atomic mass is 10.1. The molecule has 0 amide bonds. The number of nitrogens with one attached hydrogen (secondary N) is 1. The summed E-state index contributed by atoms with van der Waals surface area (Å²) in [6.07, 6.45) is -0.495. The van der Waals surface area contributed by atoms with Crippen molar-refractivity contribution in [1.82, 2.24) is 24.7 Å². The van der Waals surface area contributed by atoms with Gasteiger partial charge in [-0.1, -0.05) is 18.2 Å². The van der Waals surface area contributed by atoms with E-state index in [1.54, 1.807) is 42.7 Å². The molecule has 5 aromatic rings. The maximum Gasteiger partial charge on any atom is 0.422 e. The molecule has 1 N–H and O–H groups in total. The molecule has 8 nitrogen and oxygen atoms in total. The quantitative estimate of drug-likeness (QED) is 0.174. The summed E-state index contributed by atoms with van der Waals surface area (Å²) in [5.74, 6) is -9.25. The summed E-state index contributed by atoms with van der Waals surface area (Å²) in [5.41, 5.74) is -0.0265.